The van der Waals surface area contributed by atoms with E-state index in [4.69, 9.17) is 13.8 Å². The van der Waals surface area contributed by atoms with Crippen molar-refractivity contribution in [3.8, 4) is 0 Å². The van der Waals surface area contributed by atoms with Crippen LogP contribution in [-0.4, -0.2) is 85.6 Å². The zero-order chi connectivity index (χ0) is 40.5. The Balaban J connectivity index is 2.39. The highest BCUT2D eigenvalue weighted by atomic mass is 31.2. The van der Waals surface area contributed by atoms with Crippen LogP contribution in [0.2, 0.25) is 0 Å². The second-order valence-electron chi connectivity index (χ2n) is 16.5. The molecular formula is C45H84N2O7P+. The van der Waals surface area contributed by atoms with Crippen LogP contribution in [0.25, 0.3) is 0 Å². The molecule has 0 radical (unpaired) electrons. The quantitative estimate of drug-likeness (QED) is 0.0187. The molecule has 10 heteroatoms. The van der Waals surface area contributed by atoms with Gasteiger partial charge in [0.15, 0.2) is 0 Å². The van der Waals surface area contributed by atoms with Gasteiger partial charge in [0.1, 0.15) is 13.2 Å². The smallest absolute Gasteiger partial charge is 0.387 e. The maximum absolute atomic E-state index is 12.9. The Morgan fingerprint density at radius 3 is 1.82 bits per heavy atom. The lowest BCUT2D eigenvalue weighted by Crippen LogP contribution is -2.45. The molecule has 0 aromatic heterocycles. The zero-order valence-corrected chi connectivity index (χ0v) is 36.7. The van der Waals surface area contributed by atoms with Gasteiger partial charge in [-0.3, -0.25) is 13.8 Å². The first kappa shape index (κ1) is 51.4. The fourth-order valence-electron chi connectivity index (χ4n) is 6.25. The van der Waals surface area contributed by atoms with Gasteiger partial charge in [-0.15, -0.1) is 0 Å². The number of allylic oxidation sites excluding steroid dienone is 5. The number of epoxide rings is 1. The Labute approximate surface area is 337 Å². The van der Waals surface area contributed by atoms with Crippen molar-refractivity contribution in [1.82, 2.24) is 5.32 Å². The van der Waals surface area contributed by atoms with Crippen LogP contribution in [0.1, 0.15) is 168 Å². The van der Waals surface area contributed by atoms with Gasteiger partial charge in [0, 0.05) is 6.42 Å². The van der Waals surface area contributed by atoms with Crippen LogP contribution in [0.15, 0.2) is 48.6 Å². The molecule has 0 bridgehead atoms. The lowest BCUT2D eigenvalue weighted by atomic mass is 10.0. The average Bonchev–Trinajstić information content (AvgIpc) is 3.89. The first-order chi connectivity index (χ1) is 26.5. The lowest BCUT2D eigenvalue weighted by Gasteiger charge is -2.25. The summed E-state index contributed by atoms with van der Waals surface area (Å²) in [6.45, 7) is 4.71. The summed E-state index contributed by atoms with van der Waals surface area (Å²) < 4.78 is 29.3. The van der Waals surface area contributed by atoms with E-state index in [0.717, 1.165) is 44.9 Å². The van der Waals surface area contributed by atoms with Crippen molar-refractivity contribution in [3.63, 3.8) is 0 Å². The summed E-state index contributed by atoms with van der Waals surface area (Å²) in [5.41, 5.74) is 0. The number of unbranched alkanes of at least 4 members (excludes halogenated alkanes) is 17. The van der Waals surface area contributed by atoms with E-state index in [1.165, 1.54) is 96.3 Å². The summed E-state index contributed by atoms with van der Waals surface area (Å²) in [5, 5.41) is 13.8. The van der Waals surface area contributed by atoms with Crippen LogP contribution < -0.4 is 5.32 Å². The van der Waals surface area contributed by atoms with Crippen LogP contribution >= 0.6 is 7.82 Å². The third kappa shape index (κ3) is 33.1. The molecule has 55 heavy (non-hydrogen) atoms. The summed E-state index contributed by atoms with van der Waals surface area (Å²) in [5.74, 6) is -0.238. The van der Waals surface area contributed by atoms with Gasteiger partial charge >= 0.3 is 7.82 Å². The summed E-state index contributed by atoms with van der Waals surface area (Å²) >= 11 is 0. The van der Waals surface area contributed by atoms with E-state index in [-0.39, 0.29) is 31.6 Å². The summed E-state index contributed by atoms with van der Waals surface area (Å²) in [6, 6.07) is -0.881. The Kier molecular flexibility index (Phi) is 31.2. The van der Waals surface area contributed by atoms with Gasteiger partial charge in [0.25, 0.3) is 0 Å². The highest BCUT2D eigenvalue weighted by Crippen LogP contribution is 2.43. The third-order valence-electron chi connectivity index (χ3n) is 9.95. The molecule has 5 atom stereocenters. The van der Waals surface area contributed by atoms with E-state index in [1.807, 2.05) is 27.2 Å². The first-order valence-corrected chi connectivity index (χ1v) is 23.6. The number of ether oxygens (including phenoxy) is 1. The second-order valence-corrected chi connectivity index (χ2v) is 17.9. The second kappa shape index (κ2) is 33.4. The lowest BCUT2D eigenvalue weighted by molar-refractivity contribution is -0.870. The molecule has 0 aromatic rings. The monoisotopic (exact) mass is 796 g/mol. The number of quaternary nitrogens is 1. The molecule has 3 N–H and O–H groups in total. The number of nitrogens with zero attached hydrogens (tertiary/aromatic N) is 1. The van der Waals surface area contributed by atoms with Gasteiger partial charge in [-0.2, -0.15) is 0 Å². The van der Waals surface area contributed by atoms with Gasteiger partial charge in [0.05, 0.1) is 52.1 Å². The van der Waals surface area contributed by atoms with Gasteiger partial charge in [0.2, 0.25) is 5.91 Å². The Hall–Kier alpha value is -1.58. The molecule has 0 spiro atoms. The number of hydrogen-bond donors (Lipinski definition) is 3. The molecule has 0 aliphatic carbocycles. The molecule has 1 heterocycles. The number of nitrogens with one attached hydrogen (secondary N) is 1. The Morgan fingerprint density at radius 1 is 0.709 bits per heavy atom. The topological polar surface area (TPSA) is 118 Å². The standard InChI is InChI=1S/C45H83N2O7P/c1-6-8-10-12-14-16-17-18-19-20-21-23-24-26-30-34-42(48)41(40-53-55(50,51)52-39-38-47(3,4)5)46-45(49)37-33-29-28-32-36-44-43(54-44)35-31-27-25-22-15-13-11-9-7-2/h15,22,27-28,30-32,34,41-44,48H,6-14,16-21,23-26,29,33,35-40H2,1-5H3,(H-,46,49,50,51)/p+1/b22-15-,31-27-,32-28-,34-30+/t41-,42+,43?,44?/m0/s1. The number of rotatable bonds is 38. The minimum absolute atomic E-state index is 0.0467. The first-order valence-electron chi connectivity index (χ1n) is 22.1. The molecule has 1 saturated heterocycles. The number of carbonyl (C=O) groups excluding carboxylic acids is 1. The molecule has 3 unspecified atom stereocenters. The van der Waals surface area contributed by atoms with Crippen LogP contribution in [0, 0.1) is 0 Å². The van der Waals surface area contributed by atoms with E-state index in [0.29, 0.717) is 23.6 Å². The predicted octanol–water partition coefficient (Wildman–Crippen LogP) is 11.1. The number of phosphoric acid groups is 1. The van der Waals surface area contributed by atoms with E-state index >= 15 is 0 Å². The highest BCUT2D eigenvalue weighted by Gasteiger charge is 2.36. The number of carbonyl (C=O) groups is 1. The Bertz CT molecular complexity index is 1100. The molecule has 9 nitrogen and oxygen atoms in total. The van der Waals surface area contributed by atoms with Crippen molar-refractivity contribution in [1.29, 1.82) is 0 Å². The van der Waals surface area contributed by atoms with Crippen LogP contribution in [-0.2, 0) is 23.1 Å². The van der Waals surface area contributed by atoms with Gasteiger partial charge in [-0.25, -0.2) is 4.57 Å². The predicted molar refractivity (Wildman–Crippen MR) is 230 cm³/mol. The number of likely N-dealkylation sites (N-methyl/N-ethyl adjacent to an activating group) is 1. The molecule has 320 valence electrons. The minimum Gasteiger partial charge on any atom is -0.387 e. The third-order valence-corrected chi connectivity index (χ3v) is 10.9. The summed E-state index contributed by atoms with van der Waals surface area (Å²) in [6.07, 6.45) is 43.4. The van der Waals surface area contributed by atoms with Crippen molar-refractivity contribution >= 4 is 13.7 Å². The van der Waals surface area contributed by atoms with E-state index in [1.54, 1.807) is 6.08 Å². The molecule has 0 aromatic carbocycles. The van der Waals surface area contributed by atoms with E-state index in [9.17, 15) is 19.4 Å². The van der Waals surface area contributed by atoms with Gasteiger partial charge < -0.3 is 24.5 Å². The average molecular weight is 796 g/mol. The van der Waals surface area contributed by atoms with Gasteiger partial charge in [-0.1, -0.05) is 152 Å². The largest absolute Gasteiger partial charge is 0.472 e. The molecule has 1 fully saturated rings. The summed E-state index contributed by atoms with van der Waals surface area (Å²) in [7, 11) is 1.52. The zero-order valence-electron chi connectivity index (χ0n) is 35.9. The summed E-state index contributed by atoms with van der Waals surface area (Å²) in [4.78, 5) is 23.1. The molecule has 1 rings (SSSR count). The van der Waals surface area contributed by atoms with Crippen molar-refractivity contribution in [2.75, 3.05) is 40.9 Å². The SMILES string of the molecule is CCCCC/C=C\C/C=C\CC1OC1C/C=C\CCCC(=O)N[C@@H](COP(=O)(O)OCC[N+](C)(C)C)[C@H](O)/C=C/CCCCCCCCCCCCCCC. The molecule has 1 amide bonds. The maximum atomic E-state index is 12.9. The fourth-order valence-corrected chi connectivity index (χ4v) is 6.99. The molecular weight excluding hydrogens is 711 g/mol. The van der Waals surface area contributed by atoms with Crippen LogP contribution in [0.4, 0.5) is 0 Å². The fraction of sp³-hybridized carbons (Fsp3) is 0.800. The van der Waals surface area contributed by atoms with Crippen molar-refractivity contribution in [3.05, 3.63) is 48.6 Å². The molecule has 1 aliphatic rings. The minimum atomic E-state index is -4.36. The number of aliphatic hydroxyl groups is 1. The van der Waals surface area contributed by atoms with Crippen LogP contribution in [0.3, 0.4) is 0 Å². The van der Waals surface area contributed by atoms with Crippen molar-refractivity contribution in [2.24, 2.45) is 0 Å². The van der Waals surface area contributed by atoms with Crippen molar-refractivity contribution in [2.45, 2.75) is 192 Å². The normalized spacial score (nSPS) is 18.5. The van der Waals surface area contributed by atoms with E-state index < -0.39 is 20.0 Å². The molecule has 0 saturated carbocycles. The number of phosphoric ester groups is 1. The van der Waals surface area contributed by atoms with Gasteiger partial charge in [-0.05, 0) is 57.8 Å². The maximum Gasteiger partial charge on any atom is 0.472 e. The highest BCUT2D eigenvalue weighted by molar-refractivity contribution is 7.47. The number of amides is 1. The number of aliphatic hydroxyl groups excluding tert-OH is 1. The van der Waals surface area contributed by atoms with Crippen LogP contribution in [0.5, 0.6) is 0 Å². The number of hydrogen-bond acceptors (Lipinski definition) is 6. The van der Waals surface area contributed by atoms with Crippen molar-refractivity contribution < 1.29 is 37.6 Å². The van der Waals surface area contributed by atoms with E-state index in [2.05, 4.69) is 55.6 Å². The Morgan fingerprint density at radius 2 is 1.20 bits per heavy atom. The molecule has 1 aliphatic heterocycles.